The maximum Gasteiger partial charge on any atom is 0.430 e. The average molecular weight is 401 g/mol. The van der Waals surface area contributed by atoms with Crippen molar-refractivity contribution in [3.8, 4) is 0 Å². The van der Waals surface area contributed by atoms with Crippen LogP contribution in [0.1, 0.15) is 10.4 Å². The lowest BCUT2D eigenvalue weighted by Gasteiger charge is -2.08. The summed E-state index contributed by atoms with van der Waals surface area (Å²) in [6, 6.07) is 19.7. The van der Waals surface area contributed by atoms with Crippen molar-refractivity contribution in [2.24, 2.45) is 7.05 Å². The number of aryl methyl sites for hydroxylation is 1. The van der Waals surface area contributed by atoms with Gasteiger partial charge < -0.3 is 15.0 Å². The molecule has 8 heteroatoms. The lowest BCUT2D eigenvalue weighted by molar-refractivity contribution is -0.617. The zero-order valence-electron chi connectivity index (χ0n) is 15.0. The highest BCUT2D eigenvalue weighted by atomic mass is 19.4. The second-order valence-corrected chi connectivity index (χ2v) is 6.26. The number of hydrogen-bond donors (Lipinski definition) is 1. The fourth-order valence-corrected chi connectivity index (χ4v) is 3.19. The molecule has 148 valence electrons. The van der Waals surface area contributed by atoms with Crippen molar-refractivity contribution in [2.75, 3.05) is 0 Å². The highest BCUT2D eigenvalue weighted by molar-refractivity contribution is 6.14. The Labute approximate surface area is 162 Å². The van der Waals surface area contributed by atoms with Crippen molar-refractivity contribution in [1.82, 2.24) is 0 Å². The first-order valence-electron chi connectivity index (χ1n) is 8.36. The number of carbonyl (C=O) groups excluding carboxylic acids is 1. The summed E-state index contributed by atoms with van der Waals surface area (Å²) in [4.78, 5) is 20.7. The molecule has 0 amide bonds. The number of aromatic nitrogens is 1. The monoisotopic (exact) mass is 401 g/mol. The average Bonchev–Trinajstić information content (AvgIpc) is 2.66. The lowest BCUT2D eigenvalue weighted by atomic mass is 9.99. The summed E-state index contributed by atoms with van der Waals surface area (Å²) in [6.07, 6.45) is -5.19. The lowest BCUT2D eigenvalue weighted by Crippen LogP contribution is -2.37. The van der Waals surface area contributed by atoms with Gasteiger partial charge in [-0.3, -0.25) is 0 Å². The van der Waals surface area contributed by atoms with Gasteiger partial charge in [-0.25, -0.2) is 4.79 Å². The van der Waals surface area contributed by atoms with Crippen LogP contribution in [-0.2, 0) is 11.8 Å². The molecule has 4 aromatic rings. The Balaban J connectivity index is 0.000000298. The van der Waals surface area contributed by atoms with Crippen LogP contribution in [0.25, 0.3) is 32.6 Å². The minimum atomic E-state index is -5.19. The number of aromatic carboxylic acids is 1. The Hall–Kier alpha value is -3.68. The van der Waals surface area contributed by atoms with Crippen LogP contribution in [-0.4, -0.2) is 23.2 Å². The first-order valence-corrected chi connectivity index (χ1v) is 8.36. The molecule has 0 unspecified atom stereocenters. The molecule has 3 aromatic carbocycles. The Kier molecular flexibility index (Phi) is 5.11. The van der Waals surface area contributed by atoms with Gasteiger partial charge in [-0.15, -0.1) is 0 Å². The predicted octanol–water partition coefficient (Wildman–Crippen LogP) is 2.97. The summed E-state index contributed by atoms with van der Waals surface area (Å²) in [5.74, 6) is -3.90. The summed E-state index contributed by atoms with van der Waals surface area (Å²) >= 11 is 0. The molecule has 0 saturated heterocycles. The van der Waals surface area contributed by atoms with Crippen LogP contribution in [0.3, 0.4) is 0 Å². The summed E-state index contributed by atoms with van der Waals surface area (Å²) in [5.41, 5.74) is 2.21. The Morgan fingerprint density at radius 2 is 1.41 bits per heavy atom. The van der Waals surface area contributed by atoms with E-state index in [0.717, 1.165) is 32.6 Å². The molecule has 0 aliphatic rings. The van der Waals surface area contributed by atoms with Crippen molar-refractivity contribution >= 4 is 44.5 Å². The standard InChI is InChI=1S/C19H13NO2.C2HF3O2/c1-20-16-9-5-4-8-14(16)18(19(21)22)15-10-12-6-2-3-7-13(12)11-17(15)20;3-2(4,5)1(6)7/h2-11H,1H3;(H,6,7). The van der Waals surface area contributed by atoms with E-state index in [2.05, 4.69) is 10.6 Å². The fraction of sp³-hybridized carbons (Fsp3) is 0.0952. The van der Waals surface area contributed by atoms with Gasteiger partial charge in [0.2, 0.25) is 11.0 Å². The van der Waals surface area contributed by atoms with Crippen LogP contribution >= 0.6 is 0 Å². The van der Waals surface area contributed by atoms with E-state index >= 15 is 0 Å². The molecule has 0 atom stereocenters. The van der Waals surface area contributed by atoms with Gasteiger partial charge in [0, 0.05) is 12.1 Å². The molecule has 0 saturated carbocycles. The van der Waals surface area contributed by atoms with E-state index in [9.17, 15) is 23.1 Å². The predicted molar refractivity (Wildman–Crippen MR) is 98.2 cm³/mol. The number of fused-ring (bicyclic) bond motifs is 3. The molecule has 0 aliphatic carbocycles. The van der Waals surface area contributed by atoms with E-state index in [4.69, 9.17) is 9.90 Å². The fourth-order valence-electron chi connectivity index (χ4n) is 3.19. The third-order valence-corrected chi connectivity index (χ3v) is 4.47. The summed E-state index contributed by atoms with van der Waals surface area (Å²) in [5, 5.41) is 22.2. The summed E-state index contributed by atoms with van der Waals surface area (Å²) in [6.45, 7) is 0. The summed E-state index contributed by atoms with van der Waals surface area (Å²) < 4.78 is 33.6. The number of nitrogens with zero attached hydrogens (tertiary/aromatic N) is 1. The molecule has 1 heterocycles. The molecular weight excluding hydrogens is 387 g/mol. The number of halogens is 3. The molecule has 0 fully saturated rings. The van der Waals surface area contributed by atoms with E-state index in [-0.39, 0.29) is 0 Å². The SMILES string of the molecule is C[n+]1c2ccccc2c(C(=O)O)c2cc3ccccc3cc21.O=C([O-])C(F)(F)F. The van der Waals surface area contributed by atoms with E-state index in [1.54, 1.807) is 0 Å². The molecule has 29 heavy (non-hydrogen) atoms. The molecule has 0 bridgehead atoms. The quantitative estimate of drug-likeness (QED) is 0.393. The number of aliphatic carboxylic acids is 1. The van der Waals surface area contributed by atoms with Crippen LogP contribution in [0.5, 0.6) is 0 Å². The normalized spacial score (nSPS) is 11.3. The van der Waals surface area contributed by atoms with Crippen molar-refractivity contribution in [2.45, 2.75) is 6.18 Å². The van der Waals surface area contributed by atoms with Crippen LogP contribution in [0.4, 0.5) is 13.2 Å². The number of rotatable bonds is 1. The van der Waals surface area contributed by atoms with Crippen molar-refractivity contribution in [3.05, 3.63) is 66.2 Å². The van der Waals surface area contributed by atoms with Gasteiger partial charge in [0.15, 0.2) is 0 Å². The highest BCUT2D eigenvalue weighted by Gasteiger charge is 2.28. The third-order valence-electron chi connectivity index (χ3n) is 4.47. The van der Waals surface area contributed by atoms with Crippen molar-refractivity contribution < 1.29 is 37.5 Å². The number of alkyl halides is 3. The Morgan fingerprint density at radius 1 is 0.897 bits per heavy atom. The van der Waals surface area contributed by atoms with E-state index in [1.165, 1.54) is 0 Å². The minimum Gasteiger partial charge on any atom is -0.542 e. The van der Waals surface area contributed by atoms with Crippen molar-refractivity contribution in [3.63, 3.8) is 0 Å². The maximum atomic E-state index is 11.9. The Morgan fingerprint density at radius 3 is 1.97 bits per heavy atom. The molecule has 0 aliphatic heterocycles. The Bertz CT molecular complexity index is 1270. The van der Waals surface area contributed by atoms with E-state index in [0.29, 0.717) is 5.56 Å². The van der Waals surface area contributed by atoms with E-state index < -0.39 is 18.1 Å². The largest absolute Gasteiger partial charge is 0.542 e. The number of pyridine rings is 1. The van der Waals surface area contributed by atoms with Gasteiger partial charge in [0.05, 0.1) is 16.3 Å². The number of carboxylic acid groups (broad SMARTS) is 2. The van der Waals surface area contributed by atoms with Gasteiger partial charge in [0.25, 0.3) is 0 Å². The molecule has 1 N–H and O–H groups in total. The van der Waals surface area contributed by atoms with E-state index in [1.807, 2.05) is 61.6 Å². The van der Waals surface area contributed by atoms with Gasteiger partial charge in [-0.2, -0.15) is 17.7 Å². The number of hydrogen-bond acceptors (Lipinski definition) is 3. The minimum absolute atomic E-state index is 0.370. The topological polar surface area (TPSA) is 81.3 Å². The maximum absolute atomic E-state index is 11.9. The van der Waals surface area contributed by atoms with Crippen LogP contribution in [0, 0.1) is 0 Å². The number of carbonyl (C=O) groups is 2. The van der Waals surface area contributed by atoms with Crippen LogP contribution in [0.2, 0.25) is 0 Å². The molecule has 0 radical (unpaired) electrons. The molecule has 0 spiro atoms. The molecule has 5 nitrogen and oxygen atoms in total. The highest BCUT2D eigenvalue weighted by Crippen LogP contribution is 2.28. The van der Waals surface area contributed by atoms with Crippen LogP contribution < -0.4 is 9.67 Å². The zero-order chi connectivity index (χ0) is 21.3. The molecule has 1 aromatic heterocycles. The molecule has 4 rings (SSSR count). The second kappa shape index (κ2) is 7.38. The number of para-hydroxylation sites is 1. The van der Waals surface area contributed by atoms with Gasteiger partial charge >= 0.3 is 12.1 Å². The zero-order valence-corrected chi connectivity index (χ0v) is 15.0. The third kappa shape index (κ3) is 3.82. The van der Waals surface area contributed by atoms with Gasteiger partial charge in [0.1, 0.15) is 13.0 Å². The molecular formula is C21H14F3NO4. The first-order chi connectivity index (χ1) is 13.6. The number of carboxylic acids is 2. The second-order valence-electron chi connectivity index (χ2n) is 6.26. The number of benzene rings is 3. The smallest absolute Gasteiger partial charge is 0.430 e. The van der Waals surface area contributed by atoms with Gasteiger partial charge in [-0.05, 0) is 22.9 Å². The van der Waals surface area contributed by atoms with Gasteiger partial charge in [-0.1, -0.05) is 36.4 Å². The van der Waals surface area contributed by atoms with Crippen molar-refractivity contribution in [1.29, 1.82) is 0 Å². The first kappa shape index (κ1) is 20.1. The van der Waals surface area contributed by atoms with Crippen LogP contribution in [0.15, 0.2) is 60.7 Å². The summed E-state index contributed by atoms with van der Waals surface area (Å²) in [7, 11) is 1.98.